The summed E-state index contributed by atoms with van der Waals surface area (Å²) in [6.07, 6.45) is 10.1. The molecule has 126 valence electrons. The van der Waals surface area contributed by atoms with Gasteiger partial charge < -0.3 is 10.2 Å². The fourth-order valence-corrected chi connectivity index (χ4v) is 5.07. The van der Waals surface area contributed by atoms with Crippen molar-refractivity contribution >= 4 is 0 Å². The molecule has 0 saturated heterocycles. The van der Waals surface area contributed by atoms with Gasteiger partial charge in [-0.15, -0.1) is 0 Å². The Kier molecular flexibility index (Phi) is 5.55. The molecule has 0 spiro atoms. The van der Waals surface area contributed by atoms with Gasteiger partial charge in [0.2, 0.25) is 0 Å². The molecule has 2 rings (SSSR count). The zero-order chi connectivity index (χ0) is 16.4. The monoisotopic (exact) mass is 306 g/mol. The molecule has 22 heavy (non-hydrogen) atoms. The molecule has 2 heteroatoms. The van der Waals surface area contributed by atoms with Crippen molar-refractivity contribution in [3.05, 3.63) is 23.8 Å². The van der Waals surface area contributed by atoms with Crippen molar-refractivity contribution in [3.8, 4) is 0 Å². The standard InChI is InChI=1S/C20H34O2/c1-15-6-5-7-18-19(15,3)11-8-16(2)20(18,4)12-9-17(14-22)10-13-21/h9,16,18,21-22H,1,5-8,10-14H2,2-4H3/b17-9-/t16-,18-,19+,20+/m1/s1. The summed E-state index contributed by atoms with van der Waals surface area (Å²) in [5.74, 6) is 1.39. The van der Waals surface area contributed by atoms with Crippen LogP contribution in [0.1, 0.15) is 65.7 Å². The fraction of sp³-hybridized carbons (Fsp3) is 0.800. The Bertz CT molecular complexity index is 439. The van der Waals surface area contributed by atoms with E-state index in [1.807, 2.05) is 0 Å². The highest BCUT2D eigenvalue weighted by molar-refractivity contribution is 5.20. The van der Waals surface area contributed by atoms with Gasteiger partial charge in [0, 0.05) is 6.61 Å². The summed E-state index contributed by atoms with van der Waals surface area (Å²) in [5, 5.41) is 18.6. The molecule has 2 saturated carbocycles. The summed E-state index contributed by atoms with van der Waals surface area (Å²) in [6.45, 7) is 11.9. The second-order valence-electron chi connectivity index (χ2n) is 8.11. The maximum absolute atomic E-state index is 9.47. The van der Waals surface area contributed by atoms with Crippen LogP contribution in [-0.4, -0.2) is 23.4 Å². The second-order valence-corrected chi connectivity index (χ2v) is 8.11. The number of hydrogen-bond acceptors (Lipinski definition) is 2. The molecular formula is C20H34O2. The van der Waals surface area contributed by atoms with E-state index in [9.17, 15) is 5.11 Å². The summed E-state index contributed by atoms with van der Waals surface area (Å²) in [7, 11) is 0. The first-order valence-electron chi connectivity index (χ1n) is 8.96. The summed E-state index contributed by atoms with van der Waals surface area (Å²) < 4.78 is 0. The number of allylic oxidation sites excluding steroid dienone is 2. The third kappa shape index (κ3) is 3.05. The number of aliphatic hydroxyl groups excluding tert-OH is 2. The first-order chi connectivity index (χ1) is 10.4. The van der Waals surface area contributed by atoms with Crippen molar-refractivity contribution in [2.24, 2.45) is 22.7 Å². The van der Waals surface area contributed by atoms with Crippen LogP contribution in [0.5, 0.6) is 0 Å². The van der Waals surface area contributed by atoms with Gasteiger partial charge in [-0.25, -0.2) is 0 Å². The molecule has 0 bridgehead atoms. The van der Waals surface area contributed by atoms with E-state index in [1.165, 1.54) is 37.7 Å². The van der Waals surface area contributed by atoms with E-state index >= 15 is 0 Å². The summed E-state index contributed by atoms with van der Waals surface area (Å²) in [5.41, 5.74) is 3.01. The quantitative estimate of drug-likeness (QED) is 0.735. The van der Waals surface area contributed by atoms with E-state index in [0.717, 1.165) is 12.0 Å². The van der Waals surface area contributed by atoms with Crippen LogP contribution >= 0.6 is 0 Å². The van der Waals surface area contributed by atoms with E-state index in [4.69, 9.17) is 5.11 Å². The van der Waals surface area contributed by atoms with E-state index < -0.39 is 0 Å². The highest BCUT2D eigenvalue weighted by Gasteiger charge is 2.53. The van der Waals surface area contributed by atoms with Crippen LogP contribution in [0.4, 0.5) is 0 Å². The SMILES string of the molecule is C=C1CCC[C@H]2[C@@](C)(C/C=C(\CO)CCO)[C@H](C)CC[C@@]12C. The van der Waals surface area contributed by atoms with Gasteiger partial charge in [0.1, 0.15) is 0 Å². The molecule has 0 aromatic rings. The van der Waals surface area contributed by atoms with Crippen LogP contribution in [0.2, 0.25) is 0 Å². The normalized spacial score (nSPS) is 39.7. The average molecular weight is 306 g/mol. The number of rotatable bonds is 5. The van der Waals surface area contributed by atoms with Gasteiger partial charge in [-0.1, -0.05) is 39.0 Å². The minimum absolute atomic E-state index is 0.0691. The summed E-state index contributed by atoms with van der Waals surface area (Å²) >= 11 is 0. The molecule has 0 amide bonds. The molecular weight excluding hydrogens is 272 g/mol. The Morgan fingerprint density at radius 3 is 2.68 bits per heavy atom. The van der Waals surface area contributed by atoms with Crippen molar-refractivity contribution in [2.45, 2.75) is 65.7 Å². The van der Waals surface area contributed by atoms with E-state index in [0.29, 0.717) is 23.7 Å². The fourth-order valence-electron chi connectivity index (χ4n) is 5.07. The van der Waals surface area contributed by atoms with Gasteiger partial charge >= 0.3 is 0 Å². The first-order valence-corrected chi connectivity index (χ1v) is 8.96. The molecule has 0 heterocycles. The van der Waals surface area contributed by atoms with Crippen LogP contribution < -0.4 is 0 Å². The van der Waals surface area contributed by atoms with Gasteiger partial charge in [0.25, 0.3) is 0 Å². The molecule has 0 unspecified atom stereocenters. The maximum atomic E-state index is 9.47. The molecule has 0 radical (unpaired) electrons. The predicted molar refractivity (Wildman–Crippen MR) is 92.6 cm³/mol. The zero-order valence-corrected chi connectivity index (χ0v) is 14.7. The van der Waals surface area contributed by atoms with Crippen molar-refractivity contribution in [2.75, 3.05) is 13.2 Å². The van der Waals surface area contributed by atoms with Gasteiger partial charge in [0.05, 0.1) is 6.61 Å². The second kappa shape index (κ2) is 6.88. The molecule has 0 aromatic carbocycles. The Hall–Kier alpha value is -0.600. The Morgan fingerprint density at radius 2 is 2.05 bits per heavy atom. The third-order valence-corrected chi connectivity index (χ3v) is 7.03. The molecule has 2 aliphatic rings. The molecule has 0 aliphatic heterocycles. The minimum atomic E-state index is 0.0691. The van der Waals surface area contributed by atoms with Crippen LogP contribution in [0, 0.1) is 22.7 Å². The lowest BCUT2D eigenvalue weighted by molar-refractivity contribution is -0.0473. The van der Waals surface area contributed by atoms with Crippen molar-refractivity contribution in [1.82, 2.24) is 0 Å². The third-order valence-electron chi connectivity index (χ3n) is 7.03. The van der Waals surface area contributed by atoms with Gasteiger partial charge in [-0.05, 0) is 73.2 Å². The van der Waals surface area contributed by atoms with Crippen molar-refractivity contribution in [3.63, 3.8) is 0 Å². The lowest BCUT2D eigenvalue weighted by Gasteiger charge is -2.58. The molecule has 0 aromatic heterocycles. The van der Waals surface area contributed by atoms with Crippen LogP contribution in [0.3, 0.4) is 0 Å². The summed E-state index contributed by atoms with van der Waals surface area (Å²) in [4.78, 5) is 0. The Labute approximate surface area is 136 Å². The lowest BCUT2D eigenvalue weighted by atomic mass is 9.46. The highest BCUT2D eigenvalue weighted by atomic mass is 16.3. The Balaban J connectivity index is 2.26. The average Bonchev–Trinajstić information content (AvgIpc) is 2.50. The van der Waals surface area contributed by atoms with Gasteiger partial charge in [-0.2, -0.15) is 0 Å². The topological polar surface area (TPSA) is 40.5 Å². The van der Waals surface area contributed by atoms with Crippen LogP contribution in [0.25, 0.3) is 0 Å². The van der Waals surface area contributed by atoms with Gasteiger partial charge in [0.15, 0.2) is 0 Å². The zero-order valence-electron chi connectivity index (χ0n) is 14.7. The Morgan fingerprint density at radius 1 is 1.32 bits per heavy atom. The molecule has 4 atom stereocenters. The van der Waals surface area contributed by atoms with Crippen LogP contribution in [0.15, 0.2) is 23.8 Å². The van der Waals surface area contributed by atoms with Crippen molar-refractivity contribution < 1.29 is 10.2 Å². The van der Waals surface area contributed by atoms with E-state index in [1.54, 1.807) is 0 Å². The van der Waals surface area contributed by atoms with Crippen LogP contribution in [-0.2, 0) is 0 Å². The number of fused-ring (bicyclic) bond motifs is 1. The summed E-state index contributed by atoms with van der Waals surface area (Å²) in [6, 6.07) is 0. The molecule has 2 fully saturated rings. The molecule has 2 aliphatic carbocycles. The van der Waals surface area contributed by atoms with Crippen molar-refractivity contribution in [1.29, 1.82) is 0 Å². The van der Waals surface area contributed by atoms with E-state index in [-0.39, 0.29) is 18.6 Å². The molecule has 2 nitrogen and oxygen atoms in total. The highest BCUT2D eigenvalue weighted by Crippen LogP contribution is 2.62. The first kappa shape index (κ1) is 17.7. The van der Waals surface area contributed by atoms with E-state index in [2.05, 4.69) is 33.4 Å². The minimum Gasteiger partial charge on any atom is -0.396 e. The lowest BCUT2D eigenvalue weighted by Crippen LogP contribution is -2.50. The number of hydrogen-bond donors (Lipinski definition) is 2. The van der Waals surface area contributed by atoms with Gasteiger partial charge in [-0.3, -0.25) is 0 Å². The number of aliphatic hydroxyl groups is 2. The maximum Gasteiger partial charge on any atom is 0.0642 e. The predicted octanol–water partition coefficient (Wildman–Crippen LogP) is 4.48. The largest absolute Gasteiger partial charge is 0.396 e. The smallest absolute Gasteiger partial charge is 0.0642 e. The molecule has 2 N–H and O–H groups in total.